The van der Waals surface area contributed by atoms with Gasteiger partial charge in [0.05, 0.1) is 16.9 Å². The fourth-order valence-electron chi connectivity index (χ4n) is 1.92. The molecule has 0 unspecified atom stereocenters. The lowest BCUT2D eigenvalue weighted by atomic mass is 10.2. The van der Waals surface area contributed by atoms with Crippen molar-refractivity contribution in [2.45, 2.75) is 4.34 Å². The molecule has 11 heteroatoms. The van der Waals surface area contributed by atoms with Gasteiger partial charge in [-0.3, -0.25) is 19.9 Å². The summed E-state index contributed by atoms with van der Waals surface area (Å²) in [5.74, 6) is -0.209. The third-order valence-electron chi connectivity index (χ3n) is 3.10. The van der Waals surface area contributed by atoms with Gasteiger partial charge in [-0.25, -0.2) is 5.43 Å². The molecular weight excluding hydrogens is 388 g/mol. The second-order valence-corrected chi connectivity index (χ2v) is 7.22. The summed E-state index contributed by atoms with van der Waals surface area (Å²) >= 11 is 2.59. The van der Waals surface area contributed by atoms with Gasteiger partial charge in [0.15, 0.2) is 9.35 Å². The zero-order valence-electron chi connectivity index (χ0n) is 13.7. The van der Waals surface area contributed by atoms with Gasteiger partial charge >= 0.3 is 0 Å². The summed E-state index contributed by atoms with van der Waals surface area (Å²) < 4.78 is 0.647. The van der Waals surface area contributed by atoms with Crippen LogP contribution >= 0.6 is 23.1 Å². The van der Waals surface area contributed by atoms with Crippen molar-refractivity contribution in [1.82, 2.24) is 20.6 Å². The van der Waals surface area contributed by atoms with E-state index in [4.69, 9.17) is 0 Å². The second-order valence-electron chi connectivity index (χ2n) is 5.02. The lowest BCUT2D eigenvalue weighted by Gasteiger charge is -1.97. The number of non-ortho nitro benzene ring substituents is 1. The predicted octanol–water partition coefficient (Wildman–Crippen LogP) is 2.75. The van der Waals surface area contributed by atoms with Crippen LogP contribution in [-0.4, -0.2) is 38.0 Å². The Labute approximate surface area is 161 Å². The number of hydrogen-bond acceptors (Lipinski definition) is 9. The van der Waals surface area contributed by atoms with Gasteiger partial charge in [-0.15, -0.1) is 10.2 Å². The molecule has 3 aromatic rings. The topological polar surface area (TPSA) is 123 Å². The van der Waals surface area contributed by atoms with Crippen LogP contribution in [-0.2, 0) is 4.79 Å². The molecule has 1 amide bonds. The Bertz CT molecular complexity index is 977. The number of pyridine rings is 1. The highest BCUT2D eigenvalue weighted by molar-refractivity contribution is 8.01. The maximum atomic E-state index is 11.8. The Kier molecular flexibility index (Phi) is 6.18. The Balaban J connectivity index is 1.49. The first-order valence-corrected chi connectivity index (χ1v) is 9.36. The van der Waals surface area contributed by atoms with Crippen LogP contribution in [0.5, 0.6) is 0 Å². The van der Waals surface area contributed by atoms with Gasteiger partial charge in [0.2, 0.25) is 0 Å². The monoisotopic (exact) mass is 400 g/mol. The minimum Gasteiger partial charge on any atom is -0.272 e. The number of aromatic nitrogens is 3. The number of nitrogens with zero attached hydrogens (tertiary/aromatic N) is 5. The molecule has 0 aliphatic carbocycles. The summed E-state index contributed by atoms with van der Waals surface area (Å²) in [7, 11) is 0. The van der Waals surface area contributed by atoms with Crippen molar-refractivity contribution in [3.05, 3.63) is 64.3 Å². The Morgan fingerprint density at radius 1 is 1.30 bits per heavy atom. The molecule has 0 spiro atoms. The number of thioether (sulfide) groups is 1. The Morgan fingerprint density at radius 3 is 2.96 bits per heavy atom. The first-order valence-electron chi connectivity index (χ1n) is 7.56. The molecule has 0 fully saturated rings. The van der Waals surface area contributed by atoms with Crippen LogP contribution < -0.4 is 5.43 Å². The number of amides is 1. The molecule has 0 aliphatic heterocycles. The van der Waals surface area contributed by atoms with E-state index in [-0.39, 0.29) is 17.3 Å². The highest BCUT2D eigenvalue weighted by Crippen LogP contribution is 2.27. The molecule has 27 heavy (non-hydrogen) atoms. The zero-order valence-corrected chi connectivity index (χ0v) is 15.3. The van der Waals surface area contributed by atoms with Crippen molar-refractivity contribution in [3.63, 3.8) is 0 Å². The van der Waals surface area contributed by atoms with Crippen molar-refractivity contribution in [1.29, 1.82) is 0 Å². The van der Waals surface area contributed by atoms with E-state index in [0.717, 1.165) is 5.69 Å². The number of rotatable bonds is 7. The van der Waals surface area contributed by atoms with Crippen LogP contribution in [0.3, 0.4) is 0 Å². The van der Waals surface area contributed by atoms with E-state index in [2.05, 4.69) is 25.7 Å². The molecule has 1 aromatic carbocycles. The fourth-order valence-corrected chi connectivity index (χ4v) is 3.54. The summed E-state index contributed by atoms with van der Waals surface area (Å²) in [6.45, 7) is 0. The van der Waals surface area contributed by atoms with E-state index < -0.39 is 4.92 Å². The minimum atomic E-state index is -0.492. The number of carbonyl (C=O) groups is 1. The molecule has 0 aliphatic rings. The standard InChI is InChI=1S/C16H12N6O3S2/c23-14(19-18-9-11-4-3-5-12(8-11)22(24)25)10-26-16-21-20-15(27-16)13-6-1-2-7-17-13/h1-9H,10H2,(H,19,23)/b18-9+. The minimum absolute atomic E-state index is 0.0409. The molecule has 0 bridgehead atoms. The first-order chi connectivity index (χ1) is 13.1. The number of nitro benzene ring substituents is 1. The van der Waals surface area contributed by atoms with Crippen molar-refractivity contribution >= 4 is 40.9 Å². The van der Waals surface area contributed by atoms with Gasteiger partial charge in [0.25, 0.3) is 11.6 Å². The number of benzene rings is 1. The van der Waals surface area contributed by atoms with Crippen molar-refractivity contribution in [2.24, 2.45) is 5.10 Å². The van der Waals surface area contributed by atoms with E-state index in [1.165, 1.54) is 41.4 Å². The van der Waals surface area contributed by atoms with Gasteiger partial charge in [0, 0.05) is 23.9 Å². The highest BCUT2D eigenvalue weighted by atomic mass is 32.2. The molecule has 9 nitrogen and oxygen atoms in total. The van der Waals surface area contributed by atoms with Gasteiger partial charge in [-0.1, -0.05) is 41.3 Å². The highest BCUT2D eigenvalue weighted by Gasteiger charge is 2.10. The predicted molar refractivity (Wildman–Crippen MR) is 103 cm³/mol. The average molecular weight is 400 g/mol. The molecule has 3 rings (SSSR count). The summed E-state index contributed by atoms with van der Waals surface area (Å²) in [6.07, 6.45) is 3.02. The van der Waals surface area contributed by atoms with E-state index in [1.807, 2.05) is 18.2 Å². The zero-order chi connectivity index (χ0) is 19.1. The number of hydrazone groups is 1. The SMILES string of the molecule is O=C(CSc1nnc(-c2ccccn2)s1)N/N=C/c1cccc([N+](=O)[O-])c1. The van der Waals surface area contributed by atoms with Crippen LogP contribution in [0.15, 0.2) is 58.1 Å². The Morgan fingerprint density at radius 2 is 2.19 bits per heavy atom. The van der Waals surface area contributed by atoms with Crippen LogP contribution in [0.25, 0.3) is 10.7 Å². The average Bonchev–Trinajstić information content (AvgIpc) is 3.16. The maximum Gasteiger partial charge on any atom is 0.270 e. The van der Waals surface area contributed by atoms with Crippen LogP contribution in [0, 0.1) is 10.1 Å². The molecule has 1 N–H and O–H groups in total. The molecule has 0 saturated heterocycles. The van der Waals surface area contributed by atoms with E-state index in [9.17, 15) is 14.9 Å². The molecule has 0 radical (unpaired) electrons. The van der Waals surface area contributed by atoms with E-state index in [0.29, 0.717) is 14.9 Å². The van der Waals surface area contributed by atoms with E-state index in [1.54, 1.807) is 18.3 Å². The molecule has 2 aromatic heterocycles. The van der Waals surface area contributed by atoms with E-state index >= 15 is 0 Å². The van der Waals surface area contributed by atoms with Gasteiger partial charge in [-0.2, -0.15) is 5.10 Å². The molecule has 136 valence electrons. The summed E-state index contributed by atoms with van der Waals surface area (Å²) in [5.41, 5.74) is 3.58. The Hall–Kier alpha value is -3.18. The van der Waals surface area contributed by atoms with Gasteiger partial charge in [0.1, 0.15) is 5.69 Å². The maximum absolute atomic E-state index is 11.8. The van der Waals surface area contributed by atoms with Crippen LogP contribution in [0.4, 0.5) is 5.69 Å². The summed E-state index contributed by atoms with van der Waals surface area (Å²) in [4.78, 5) is 26.3. The number of carbonyl (C=O) groups excluding carboxylic acids is 1. The summed E-state index contributed by atoms with van der Waals surface area (Å²) in [5, 5.41) is 23.3. The number of hydrogen-bond donors (Lipinski definition) is 1. The molecular formula is C16H12N6O3S2. The lowest BCUT2D eigenvalue weighted by Crippen LogP contribution is -2.19. The normalized spacial score (nSPS) is 10.8. The molecule has 0 atom stereocenters. The number of nitrogens with one attached hydrogen (secondary N) is 1. The van der Waals surface area contributed by atoms with Crippen molar-refractivity contribution in [2.75, 3.05) is 5.75 Å². The largest absolute Gasteiger partial charge is 0.272 e. The quantitative estimate of drug-likeness (QED) is 0.280. The second kappa shape index (κ2) is 8.96. The van der Waals surface area contributed by atoms with Crippen LogP contribution in [0.1, 0.15) is 5.56 Å². The van der Waals surface area contributed by atoms with Gasteiger partial charge in [-0.05, 0) is 12.1 Å². The van der Waals surface area contributed by atoms with Gasteiger partial charge < -0.3 is 0 Å². The lowest BCUT2D eigenvalue weighted by molar-refractivity contribution is -0.384. The molecule has 2 heterocycles. The van der Waals surface area contributed by atoms with Crippen molar-refractivity contribution in [3.8, 4) is 10.7 Å². The first kappa shape index (κ1) is 18.6. The third kappa shape index (κ3) is 5.39. The number of nitro groups is 1. The van der Waals surface area contributed by atoms with Crippen molar-refractivity contribution < 1.29 is 9.72 Å². The van der Waals surface area contributed by atoms with Crippen LogP contribution in [0.2, 0.25) is 0 Å². The smallest absolute Gasteiger partial charge is 0.270 e. The third-order valence-corrected chi connectivity index (χ3v) is 5.18. The molecule has 0 saturated carbocycles. The fraction of sp³-hybridized carbons (Fsp3) is 0.0625. The summed E-state index contributed by atoms with van der Waals surface area (Å²) in [6, 6.07) is 11.5.